The fraction of sp³-hybridized carbons (Fsp3) is 0.600. The van der Waals surface area contributed by atoms with Crippen LogP contribution in [0.25, 0.3) is 0 Å². The third-order valence-electron chi connectivity index (χ3n) is 2.07. The average molecular weight is 199 g/mol. The lowest BCUT2D eigenvalue weighted by Crippen LogP contribution is -2.26. The second kappa shape index (κ2) is 5.35. The Labute approximate surface area is 84.3 Å². The van der Waals surface area contributed by atoms with Crippen LogP contribution >= 0.6 is 11.8 Å². The van der Waals surface area contributed by atoms with Gasteiger partial charge in [0.05, 0.1) is 12.0 Å². The molecule has 0 saturated carbocycles. The summed E-state index contributed by atoms with van der Waals surface area (Å²) in [5.74, 6) is 3.19. The van der Waals surface area contributed by atoms with Gasteiger partial charge in [0.15, 0.2) is 0 Å². The molecular weight excluding hydrogens is 182 g/mol. The molecule has 0 saturated heterocycles. The molecule has 2 nitrogen and oxygen atoms in total. The van der Waals surface area contributed by atoms with E-state index in [1.807, 2.05) is 23.9 Å². The number of nitrogens with zero attached hydrogens (tertiary/aromatic N) is 1. The normalized spacial score (nSPS) is 13.5. The highest BCUT2D eigenvalue weighted by Crippen LogP contribution is 2.14. The molecule has 1 aromatic heterocycles. The van der Waals surface area contributed by atoms with E-state index in [1.54, 1.807) is 6.26 Å². The van der Waals surface area contributed by atoms with Gasteiger partial charge >= 0.3 is 0 Å². The summed E-state index contributed by atoms with van der Waals surface area (Å²) in [6, 6.07) is 4.58. The predicted molar refractivity (Wildman–Crippen MR) is 58.0 cm³/mol. The molecule has 0 amide bonds. The molecular formula is C10H17NOS. The SMILES string of the molecule is CC(CSCc1ccco1)N(C)C. The van der Waals surface area contributed by atoms with Crippen molar-refractivity contribution in [1.29, 1.82) is 0 Å². The minimum Gasteiger partial charge on any atom is -0.468 e. The van der Waals surface area contributed by atoms with Crippen LogP contribution in [0.15, 0.2) is 22.8 Å². The molecule has 0 aliphatic heterocycles. The van der Waals surface area contributed by atoms with E-state index in [0.29, 0.717) is 6.04 Å². The maximum Gasteiger partial charge on any atom is 0.113 e. The van der Waals surface area contributed by atoms with Gasteiger partial charge < -0.3 is 9.32 Å². The van der Waals surface area contributed by atoms with Crippen LogP contribution in [-0.4, -0.2) is 30.8 Å². The highest BCUT2D eigenvalue weighted by Gasteiger charge is 2.04. The zero-order chi connectivity index (χ0) is 9.68. The first kappa shape index (κ1) is 10.7. The van der Waals surface area contributed by atoms with Crippen molar-refractivity contribution in [3.8, 4) is 0 Å². The maximum absolute atomic E-state index is 5.24. The van der Waals surface area contributed by atoms with Gasteiger partial charge in [-0.25, -0.2) is 0 Å². The Kier molecular flexibility index (Phi) is 4.39. The number of hydrogen-bond donors (Lipinski definition) is 0. The molecule has 1 heterocycles. The largest absolute Gasteiger partial charge is 0.468 e. The summed E-state index contributed by atoms with van der Waals surface area (Å²) in [5, 5.41) is 0. The van der Waals surface area contributed by atoms with Crippen molar-refractivity contribution in [3.63, 3.8) is 0 Å². The number of hydrogen-bond acceptors (Lipinski definition) is 3. The van der Waals surface area contributed by atoms with E-state index in [4.69, 9.17) is 4.42 Å². The summed E-state index contributed by atoms with van der Waals surface area (Å²) >= 11 is 1.91. The van der Waals surface area contributed by atoms with Crippen molar-refractivity contribution in [1.82, 2.24) is 4.90 Å². The monoisotopic (exact) mass is 199 g/mol. The van der Waals surface area contributed by atoms with Gasteiger partial charge in [0.2, 0.25) is 0 Å². The Balaban J connectivity index is 2.14. The van der Waals surface area contributed by atoms with E-state index >= 15 is 0 Å². The molecule has 0 radical (unpaired) electrons. The summed E-state index contributed by atoms with van der Waals surface area (Å²) in [6.45, 7) is 2.23. The van der Waals surface area contributed by atoms with Crippen molar-refractivity contribution in [2.24, 2.45) is 0 Å². The van der Waals surface area contributed by atoms with Gasteiger partial charge in [0.1, 0.15) is 5.76 Å². The molecule has 74 valence electrons. The Bertz CT molecular complexity index is 221. The molecule has 0 bridgehead atoms. The topological polar surface area (TPSA) is 16.4 Å². The van der Waals surface area contributed by atoms with Crippen LogP contribution < -0.4 is 0 Å². The Morgan fingerprint density at radius 2 is 2.31 bits per heavy atom. The lowest BCUT2D eigenvalue weighted by atomic mass is 10.4. The molecule has 0 spiro atoms. The average Bonchev–Trinajstić information content (AvgIpc) is 2.56. The molecule has 0 aliphatic rings. The molecule has 1 atom stereocenters. The summed E-state index contributed by atoms with van der Waals surface area (Å²) < 4.78 is 5.24. The van der Waals surface area contributed by atoms with Crippen LogP contribution in [0, 0.1) is 0 Å². The molecule has 0 aliphatic carbocycles. The van der Waals surface area contributed by atoms with E-state index in [9.17, 15) is 0 Å². The van der Waals surface area contributed by atoms with E-state index in [1.165, 1.54) is 0 Å². The second-order valence-corrected chi connectivity index (χ2v) is 4.44. The third-order valence-corrected chi connectivity index (χ3v) is 3.27. The molecule has 1 unspecified atom stereocenters. The first-order chi connectivity index (χ1) is 6.20. The first-order valence-corrected chi connectivity index (χ1v) is 5.62. The van der Waals surface area contributed by atoms with Gasteiger partial charge in [0, 0.05) is 11.8 Å². The number of furan rings is 1. The van der Waals surface area contributed by atoms with E-state index in [-0.39, 0.29) is 0 Å². The van der Waals surface area contributed by atoms with Gasteiger partial charge in [-0.1, -0.05) is 0 Å². The van der Waals surface area contributed by atoms with Crippen molar-refractivity contribution in [2.75, 3.05) is 19.8 Å². The first-order valence-electron chi connectivity index (χ1n) is 4.46. The third kappa shape index (κ3) is 3.87. The van der Waals surface area contributed by atoms with Gasteiger partial charge in [-0.15, -0.1) is 0 Å². The van der Waals surface area contributed by atoms with Crippen LogP contribution in [0.3, 0.4) is 0 Å². The van der Waals surface area contributed by atoms with Crippen LogP contribution in [-0.2, 0) is 5.75 Å². The molecule has 0 fully saturated rings. The van der Waals surface area contributed by atoms with E-state index in [0.717, 1.165) is 17.3 Å². The predicted octanol–water partition coefficient (Wildman–Crippen LogP) is 2.46. The second-order valence-electron chi connectivity index (χ2n) is 3.41. The van der Waals surface area contributed by atoms with Crippen LogP contribution in [0.4, 0.5) is 0 Å². The van der Waals surface area contributed by atoms with E-state index in [2.05, 4.69) is 25.9 Å². The summed E-state index contributed by atoms with van der Waals surface area (Å²) in [7, 11) is 4.22. The Morgan fingerprint density at radius 1 is 1.54 bits per heavy atom. The molecule has 3 heteroatoms. The van der Waals surface area contributed by atoms with Crippen LogP contribution in [0.2, 0.25) is 0 Å². The molecule has 0 N–H and O–H groups in total. The van der Waals surface area contributed by atoms with Crippen molar-refractivity contribution in [3.05, 3.63) is 24.2 Å². The summed E-state index contributed by atoms with van der Waals surface area (Å²) in [5.41, 5.74) is 0. The highest BCUT2D eigenvalue weighted by molar-refractivity contribution is 7.98. The standard InChI is InChI=1S/C10H17NOS/c1-9(11(2)3)7-13-8-10-5-4-6-12-10/h4-6,9H,7-8H2,1-3H3. The quantitative estimate of drug-likeness (QED) is 0.725. The van der Waals surface area contributed by atoms with Gasteiger partial charge in [-0.05, 0) is 33.2 Å². The molecule has 1 rings (SSSR count). The van der Waals surface area contributed by atoms with Crippen molar-refractivity contribution in [2.45, 2.75) is 18.7 Å². The van der Waals surface area contributed by atoms with E-state index < -0.39 is 0 Å². The zero-order valence-corrected chi connectivity index (χ0v) is 9.30. The summed E-state index contributed by atoms with van der Waals surface area (Å²) in [6.07, 6.45) is 1.73. The Morgan fingerprint density at radius 3 is 2.85 bits per heavy atom. The Hall–Kier alpha value is -0.410. The van der Waals surface area contributed by atoms with Crippen LogP contribution in [0.1, 0.15) is 12.7 Å². The molecule has 1 aromatic rings. The highest BCUT2D eigenvalue weighted by atomic mass is 32.2. The van der Waals surface area contributed by atoms with Crippen molar-refractivity contribution >= 4 is 11.8 Å². The van der Waals surface area contributed by atoms with Gasteiger partial charge in [0.25, 0.3) is 0 Å². The molecule has 0 aromatic carbocycles. The lowest BCUT2D eigenvalue weighted by molar-refractivity contribution is 0.340. The minimum absolute atomic E-state index is 0.625. The smallest absolute Gasteiger partial charge is 0.113 e. The fourth-order valence-corrected chi connectivity index (χ4v) is 2.00. The van der Waals surface area contributed by atoms with Gasteiger partial charge in [-0.3, -0.25) is 0 Å². The lowest BCUT2D eigenvalue weighted by Gasteiger charge is -2.18. The number of rotatable bonds is 5. The molecule has 13 heavy (non-hydrogen) atoms. The summed E-state index contributed by atoms with van der Waals surface area (Å²) in [4.78, 5) is 2.23. The fourth-order valence-electron chi connectivity index (χ4n) is 0.874. The number of thioether (sulfide) groups is 1. The van der Waals surface area contributed by atoms with Gasteiger partial charge in [-0.2, -0.15) is 11.8 Å². The maximum atomic E-state index is 5.24. The van der Waals surface area contributed by atoms with Crippen LogP contribution in [0.5, 0.6) is 0 Å². The minimum atomic E-state index is 0.625. The zero-order valence-electron chi connectivity index (χ0n) is 8.49. The van der Waals surface area contributed by atoms with Crippen molar-refractivity contribution < 1.29 is 4.42 Å².